The van der Waals surface area contributed by atoms with Gasteiger partial charge in [0.1, 0.15) is 0 Å². The van der Waals surface area contributed by atoms with E-state index in [0.717, 1.165) is 6.07 Å². The lowest BCUT2D eigenvalue weighted by Gasteiger charge is -2.30. The van der Waals surface area contributed by atoms with E-state index in [-0.39, 0.29) is 12.2 Å². The van der Waals surface area contributed by atoms with Gasteiger partial charge in [0, 0.05) is 37.4 Å². The molecule has 2 aromatic rings. The van der Waals surface area contributed by atoms with Crippen LogP contribution in [0.4, 0.5) is 29.3 Å². The second kappa shape index (κ2) is 8.92. The van der Waals surface area contributed by atoms with Crippen LogP contribution >= 0.6 is 11.6 Å². The van der Waals surface area contributed by atoms with Gasteiger partial charge in [0.15, 0.2) is 0 Å². The summed E-state index contributed by atoms with van der Waals surface area (Å²) in [5.74, 6) is 0. The first kappa shape index (κ1) is 21.3. The third kappa shape index (κ3) is 5.33. The molecule has 1 N–H and O–H groups in total. The molecule has 0 radical (unpaired) electrons. The van der Waals surface area contributed by atoms with Gasteiger partial charge in [0.25, 0.3) is 0 Å². The minimum absolute atomic E-state index is 0.165. The summed E-state index contributed by atoms with van der Waals surface area (Å²) >= 11 is 6.09. The van der Waals surface area contributed by atoms with Crippen molar-refractivity contribution in [3.8, 4) is 0 Å². The van der Waals surface area contributed by atoms with E-state index in [1.807, 2.05) is 4.90 Å². The van der Waals surface area contributed by atoms with Gasteiger partial charge in [-0.05, 0) is 29.8 Å². The summed E-state index contributed by atoms with van der Waals surface area (Å²) in [5.41, 5.74) is -0.0277. The average Bonchev–Trinajstić information content (AvgIpc) is 2.69. The highest BCUT2D eigenvalue weighted by Crippen LogP contribution is 2.37. The van der Waals surface area contributed by atoms with Gasteiger partial charge < -0.3 is 19.9 Å². The number of hydrogen-bond donors (Lipinski definition) is 1. The Morgan fingerprint density at radius 2 is 1.90 bits per heavy atom. The molecule has 0 bridgehead atoms. The maximum atomic E-state index is 13.6. The molecule has 1 aliphatic heterocycles. The second-order valence-electron chi connectivity index (χ2n) is 6.70. The first-order chi connectivity index (χ1) is 13.8. The Hall–Kier alpha value is -2.45. The van der Waals surface area contributed by atoms with Crippen LogP contribution < -0.4 is 10.2 Å². The first-order valence-electron chi connectivity index (χ1n) is 9.05. The van der Waals surface area contributed by atoms with Crippen molar-refractivity contribution in [2.75, 3.05) is 43.6 Å². The predicted molar refractivity (Wildman–Crippen MR) is 106 cm³/mol. The first-order valence-corrected chi connectivity index (χ1v) is 9.43. The summed E-state index contributed by atoms with van der Waals surface area (Å²) in [7, 11) is 1.49. The molecule has 1 saturated heterocycles. The van der Waals surface area contributed by atoms with Crippen LogP contribution in [0.3, 0.4) is 0 Å². The Morgan fingerprint density at radius 3 is 2.55 bits per heavy atom. The molecule has 29 heavy (non-hydrogen) atoms. The van der Waals surface area contributed by atoms with E-state index in [1.54, 1.807) is 30.3 Å². The number of alkyl halides is 3. The van der Waals surface area contributed by atoms with Crippen LogP contribution in [-0.4, -0.2) is 44.3 Å². The molecule has 2 amide bonds. The zero-order chi connectivity index (χ0) is 21.0. The fourth-order valence-corrected chi connectivity index (χ4v) is 3.25. The summed E-state index contributed by atoms with van der Waals surface area (Å²) in [6.07, 6.45) is -4.60. The third-order valence-corrected chi connectivity index (χ3v) is 5.01. The lowest BCUT2D eigenvalue weighted by Crippen LogP contribution is -2.36. The van der Waals surface area contributed by atoms with Crippen LogP contribution in [0.2, 0.25) is 5.02 Å². The number of urea groups is 1. The zero-order valence-electron chi connectivity index (χ0n) is 15.8. The highest BCUT2D eigenvalue weighted by atomic mass is 35.5. The van der Waals surface area contributed by atoms with Crippen LogP contribution in [0.1, 0.15) is 11.1 Å². The largest absolute Gasteiger partial charge is 0.418 e. The molecular formula is C20H21ClF3N3O2. The van der Waals surface area contributed by atoms with E-state index in [9.17, 15) is 18.0 Å². The van der Waals surface area contributed by atoms with E-state index >= 15 is 0 Å². The van der Waals surface area contributed by atoms with Gasteiger partial charge in [-0.2, -0.15) is 13.2 Å². The Labute approximate surface area is 172 Å². The fraction of sp³-hybridized carbons (Fsp3) is 0.350. The maximum absolute atomic E-state index is 13.6. The number of carbonyl (C=O) groups excluding carboxylic acids is 1. The van der Waals surface area contributed by atoms with Crippen LogP contribution in [0.5, 0.6) is 0 Å². The molecular weight excluding hydrogens is 407 g/mol. The van der Waals surface area contributed by atoms with Crippen molar-refractivity contribution >= 4 is 29.0 Å². The molecule has 1 heterocycles. The van der Waals surface area contributed by atoms with Crippen molar-refractivity contribution in [2.24, 2.45) is 0 Å². The van der Waals surface area contributed by atoms with Crippen molar-refractivity contribution in [3.05, 3.63) is 58.6 Å². The van der Waals surface area contributed by atoms with Crippen molar-refractivity contribution in [1.82, 2.24) is 4.90 Å². The molecule has 2 aromatic carbocycles. The normalized spacial score (nSPS) is 14.6. The van der Waals surface area contributed by atoms with Gasteiger partial charge in [-0.3, -0.25) is 0 Å². The van der Waals surface area contributed by atoms with Crippen molar-refractivity contribution in [2.45, 2.75) is 12.7 Å². The van der Waals surface area contributed by atoms with E-state index in [1.165, 1.54) is 18.0 Å². The number of anilines is 2. The van der Waals surface area contributed by atoms with Gasteiger partial charge in [-0.1, -0.05) is 29.8 Å². The number of nitrogens with zero attached hydrogens (tertiary/aromatic N) is 2. The predicted octanol–water partition coefficient (Wildman–Crippen LogP) is 4.86. The zero-order valence-corrected chi connectivity index (χ0v) is 16.6. The van der Waals surface area contributed by atoms with Crippen molar-refractivity contribution < 1.29 is 22.7 Å². The molecule has 156 valence electrons. The molecule has 0 unspecified atom stereocenters. The van der Waals surface area contributed by atoms with Crippen molar-refractivity contribution in [3.63, 3.8) is 0 Å². The molecule has 5 nitrogen and oxygen atoms in total. The lowest BCUT2D eigenvalue weighted by atomic mass is 10.1. The topological polar surface area (TPSA) is 44.8 Å². The molecule has 0 saturated carbocycles. The van der Waals surface area contributed by atoms with Gasteiger partial charge in [-0.15, -0.1) is 0 Å². The summed E-state index contributed by atoms with van der Waals surface area (Å²) in [5, 5.41) is 2.85. The number of morpholine rings is 1. The number of carbonyl (C=O) groups is 1. The summed E-state index contributed by atoms with van der Waals surface area (Å²) in [6.45, 7) is 2.13. The molecule has 0 atom stereocenters. The number of amides is 2. The minimum Gasteiger partial charge on any atom is -0.378 e. The monoisotopic (exact) mass is 427 g/mol. The summed E-state index contributed by atoms with van der Waals surface area (Å²) in [4.78, 5) is 15.6. The molecule has 0 aromatic heterocycles. The van der Waals surface area contributed by atoms with Crippen LogP contribution in [0.25, 0.3) is 0 Å². The van der Waals surface area contributed by atoms with Crippen LogP contribution in [0, 0.1) is 0 Å². The lowest BCUT2D eigenvalue weighted by molar-refractivity contribution is -0.136. The molecule has 0 spiro atoms. The standard InChI is InChI=1S/C20H21ClF3N3O2/c1-26(13-14-4-2-3-5-17(14)21)19(28)25-18-7-6-15(12-16(18)20(22,23)24)27-8-10-29-11-9-27/h2-7,12H,8-11,13H2,1H3,(H,25,28). The minimum atomic E-state index is -4.60. The summed E-state index contributed by atoms with van der Waals surface area (Å²) in [6, 6.07) is 10.2. The van der Waals surface area contributed by atoms with Crippen LogP contribution in [-0.2, 0) is 17.5 Å². The van der Waals surface area contributed by atoms with E-state index < -0.39 is 17.8 Å². The Bertz CT molecular complexity index is 870. The third-order valence-electron chi connectivity index (χ3n) is 4.64. The number of benzene rings is 2. The molecule has 3 rings (SSSR count). The highest BCUT2D eigenvalue weighted by molar-refractivity contribution is 6.31. The maximum Gasteiger partial charge on any atom is 0.418 e. The van der Waals surface area contributed by atoms with Crippen molar-refractivity contribution in [1.29, 1.82) is 0 Å². The molecule has 1 aliphatic rings. The molecule has 0 aliphatic carbocycles. The summed E-state index contributed by atoms with van der Waals surface area (Å²) < 4.78 is 46.1. The van der Waals surface area contributed by atoms with Gasteiger partial charge in [-0.25, -0.2) is 4.79 Å². The Morgan fingerprint density at radius 1 is 1.21 bits per heavy atom. The van der Waals surface area contributed by atoms with Gasteiger partial charge in [0.2, 0.25) is 0 Å². The van der Waals surface area contributed by atoms with Gasteiger partial charge >= 0.3 is 12.2 Å². The Balaban J connectivity index is 1.78. The Kier molecular flexibility index (Phi) is 6.54. The molecule has 9 heteroatoms. The van der Waals surface area contributed by atoms with E-state index in [0.29, 0.717) is 42.6 Å². The number of ether oxygens (including phenoxy) is 1. The number of halogens is 4. The van der Waals surface area contributed by atoms with E-state index in [2.05, 4.69) is 5.32 Å². The van der Waals surface area contributed by atoms with Gasteiger partial charge in [0.05, 0.1) is 24.5 Å². The number of hydrogen-bond acceptors (Lipinski definition) is 3. The second-order valence-corrected chi connectivity index (χ2v) is 7.11. The average molecular weight is 428 g/mol. The number of rotatable bonds is 4. The molecule has 1 fully saturated rings. The van der Waals surface area contributed by atoms with E-state index in [4.69, 9.17) is 16.3 Å². The smallest absolute Gasteiger partial charge is 0.378 e. The highest BCUT2D eigenvalue weighted by Gasteiger charge is 2.35. The quantitative estimate of drug-likeness (QED) is 0.758. The fourth-order valence-electron chi connectivity index (χ4n) is 3.06. The SMILES string of the molecule is CN(Cc1ccccc1Cl)C(=O)Nc1ccc(N2CCOCC2)cc1C(F)(F)F. The number of nitrogens with one attached hydrogen (secondary N) is 1. The van der Waals surface area contributed by atoms with Crippen LogP contribution in [0.15, 0.2) is 42.5 Å².